The Kier molecular flexibility index (Phi) is 5.54. The van der Waals surface area contributed by atoms with Gasteiger partial charge in [0.05, 0.1) is 31.3 Å². The van der Waals surface area contributed by atoms with Crippen molar-refractivity contribution in [2.24, 2.45) is 5.10 Å². The number of phenols is 1. The van der Waals surface area contributed by atoms with E-state index in [-0.39, 0.29) is 28.6 Å². The summed E-state index contributed by atoms with van der Waals surface area (Å²) in [5.41, 5.74) is 1.38. The maximum Gasteiger partial charge on any atom is 0.282 e. The quantitative estimate of drug-likeness (QED) is 0.321. The predicted octanol–water partition coefficient (Wildman–Crippen LogP) is 5.18. The number of methoxy groups -OCH3 is 2. The van der Waals surface area contributed by atoms with Crippen LogP contribution >= 0.6 is 15.9 Å². The molecule has 0 atom stereocenters. The number of hydrogen-bond acceptors (Lipinski definition) is 7. The number of furan rings is 1. The number of nitrogens with zero attached hydrogens (tertiary/aromatic N) is 3. The van der Waals surface area contributed by atoms with E-state index in [1.807, 2.05) is 30.3 Å². The number of hydrogen-bond donors (Lipinski definition) is 1. The molecule has 5 rings (SSSR count). The van der Waals surface area contributed by atoms with Gasteiger partial charge in [0, 0.05) is 15.4 Å². The van der Waals surface area contributed by atoms with Gasteiger partial charge in [-0.2, -0.15) is 9.78 Å². The van der Waals surface area contributed by atoms with E-state index in [0.29, 0.717) is 27.8 Å². The van der Waals surface area contributed by atoms with Crippen LogP contribution in [0.4, 0.5) is 0 Å². The van der Waals surface area contributed by atoms with E-state index in [4.69, 9.17) is 13.9 Å². The smallest absolute Gasteiger partial charge is 0.282 e. The minimum Gasteiger partial charge on any atom is -0.502 e. The average molecular weight is 520 g/mol. The lowest BCUT2D eigenvalue weighted by atomic mass is 10.2. The van der Waals surface area contributed by atoms with E-state index in [0.717, 1.165) is 9.86 Å². The Labute approximate surface area is 201 Å². The van der Waals surface area contributed by atoms with Crippen LogP contribution in [0.15, 0.2) is 79.4 Å². The molecule has 0 saturated carbocycles. The highest BCUT2D eigenvalue weighted by molar-refractivity contribution is 9.10. The second-order valence-electron chi connectivity index (χ2n) is 7.38. The van der Waals surface area contributed by atoms with Crippen molar-refractivity contribution >= 4 is 44.0 Å². The molecule has 9 heteroatoms. The molecular weight excluding hydrogens is 502 g/mol. The van der Waals surface area contributed by atoms with Gasteiger partial charge in [0.15, 0.2) is 17.3 Å². The minimum absolute atomic E-state index is 0.124. The first-order valence-electron chi connectivity index (χ1n) is 10.2. The monoisotopic (exact) mass is 519 g/mol. The number of fused-ring (bicyclic) bond motifs is 2. The summed E-state index contributed by atoms with van der Waals surface area (Å²) in [4.78, 5) is 18.1. The highest BCUT2D eigenvalue weighted by Gasteiger charge is 2.17. The first kappa shape index (κ1) is 21.7. The van der Waals surface area contributed by atoms with E-state index < -0.39 is 0 Å². The summed E-state index contributed by atoms with van der Waals surface area (Å²) in [6, 6.07) is 17.7. The molecule has 8 nitrogen and oxygen atoms in total. The van der Waals surface area contributed by atoms with Gasteiger partial charge >= 0.3 is 0 Å². The summed E-state index contributed by atoms with van der Waals surface area (Å²) >= 11 is 3.46. The van der Waals surface area contributed by atoms with Crippen LogP contribution < -0.4 is 15.0 Å². The molecular formula is C25H18BrN3O5. The van der Waals surface area contributed by atoms with Crippen molar-refractivity contribution < 1.29 is 19.0 Å². The summed E-state index contributed by atoms with van der Waals surface area (Å²) in [7, 11) is 2.87. The van der Waals surface area contributed by atoms with E-state index in [1.54, 1.807) is 30.3 Å². The van der Waals surface area contributed by atoms with Gasteiger partial charge in [-0.3, -0.25) is 4.79 Å². The number of aromatic nitrogens is 2. The molecule has 0 aliphatic rings. The number of halogens is 1. The van der Waals surface area contributed by atoms with Crippen LogP contribution in [0.2, 0.25) is 0 Å². The van der Waals surface area contributed by atoms with Gasteiger partial charge in [-0.25, -0.2) is 4.98 Å². The maximum atomic E-state index is 13.4. The summed E-state index contributed by atoms with van der Waals surface area (Å²) in [6.45, 7) is 0. The van der Waals surface area contributed by atoms with Gasteiger partial charge in [-0.1, -0.05) is 28.1 Å². The third-order valence-corrected chi connectivity index (χ3v) is 5.77. The third-order valence-electron chi connectivity index (χ3n) is 5.28. The summed E-state index contributed by atoms with van der Waals surface area (Å²) in [5, 5.41) is 15.9. The summed E-state index contributed by atoms with van der Waals surface area (Å²) in [5.74, 6) is 0.959. The Morgan fingerprint density at radius 1 is 1.06 bits per heavy atom. The van der Waals surface area contributed by atoms with Gasteiger partial charge < -0.3 is 19.0 Å². The second kappa shape index (κ2) is 8.68. The highest BCUT2D eigenvalue weighted by Crippen LogP contribution is 2.36. The fraction of sp³-hybridized carbons (Fsp3) is 0.0800. The van der Waals surface area contributed by atoms with Crippen LogP contribution in [0.3, 0.4) is 0 Å². The van der Waals surface area contributed by atoms with Crippen LogP contribution in [-0.4, -0.2) is 35.2 Å². The number of rotatable bonds is 5. The molecule has 0 aliphatic carbocycles. The molecule has 0 aliphatic heterocycles. The predicted molar refractivity (Wildman–Crippen MR) is 133 cm³/mol. The van der Waals surface area contributed by atoms with E-state index in [9.17, 15) is 9.90 Å². The van der Waals surface area contributed by atoms with Gasteiger partial charge in [-0.05, 0) is 48.5 Å². The summed E-state index contributed by atoms with van der Waals surface area (Å²) < 4.78 is 18.5. The first-order chi connectivity index (χ1) is 16.5. The lowest BCUT2D eigenvalue weighted by molar-refractivity contribution is 0.340. The molecule has 0 radical (unpaired) electrons. The maximum absolute atomic E-state index is 13.4. The van der Waals surface area contributed by atoms with E-state index in [1.165, 1.54) is 25.1 Å². The normalized spacial score (nSPS) is 11.5. The number of phenolic OH excluding ortho intramolecular Hbond substituents is 1. The fourth-order valence-electron chi connectivity index (χ4n) is 3.63. The molecule has 170 valence electrons. The van der Waals surface area contributed by atoms with Crippen molar-refractivity contribution in [3.8, 4) is 28.8 Å². The number of benzene rings is 3. The van der Waals surface area contributed by atoms with Gasteiger partial charge in [0.25, 0.3) is 5.56 Å². The van der Waals surface area contributed by atoms with Crippen molar-refractivity contribution in [2.45, 2.75) is 0 Å². The number of para-hydroxylation sites is 1. The molecule has 34 heavy (non-hydrogen) atoms. The van der Waals surface area contributed by atoms with Crippen LogP contribution in [0.5, 0.6) is 17.2 Å². The molecule has 0 fully saturated rings. The van der Waals surface area contributed by atoms with Crippen molar-refractivity contribution in [3.63, 3.8) is 0 Å². The average Bonchev–Trinajstić information content (AvgIpc) is 3.27. The molecule has 5 aromatic rings. The standard InChI is InChI=1S/C25H18BrN3O5/c1-32-20-9-14(10-21(33-2)23(20)30)13-27-29-24(28-18-6-4-3-5-17(18)25(29)31)22-12-15-11-16(26)7-8-19(15)34-22/h3-13,30H,1-2H3. The molecule has 0 amide bonds. The molecule has 3 aromatic carbocycles. The zero-order valence-electron chi connectivity index (χ0n) is 18.2. The second-order valence-corrected chi connectivity index (χ2v) is 8.30. The zero-order chi connectivity index (χ0) is 23.8. The van der Waals surface area contributed by atoms with Gasteiger partial charge in [0.2, 0.25) is 11.6 Å². The number of ether oxygens (including phenoxy) is 2. The Morgan fingerprint density at radius 2 is 1.79 bits per heavy atom. The van der Waals surface area contributed by atoms with E-state index >= 15 is 0 Å². The molecule has 0 unspecified atom stereocenters. The van der Waals surface area contributed by atoms with Gasteiger partial charge in [0.1, 0.15) is 5.58 Å². The lowest BCUT2D eigenvalue weighted by Gasteiger charge is -2.10. The topological polar surface area (TPSA) is 99.1 Å². The van der Waals surface area contributed by atoms with Crippen molar-refractivity contribution in [1.82, 2.24) is 9.66 Å². The van der Waals surface area contributed by atoms with Crippen molar-refractivity contribution in [3.05, 3.63) is 81.1 Å². The van der Waals surface area contributed by atoms with Crippen molar-refractivity contribution in [1.29, 1.82) is 0 Å². The molecule has 0 bridgehead atoms. The highest BCUT2D eigenvalue weighted by atomic mass is 79.9. The third kappa shape index (κ3) is 3.80. The van der Waals surface area contributed by atoms with Crippen LogP contribution in [0.25, 0.3) is 33.5 Å². The largest absolute Gasteiger partial charge is 0.502 e. The van der Waals surface area contributed by atoms with Crippen LogP contribution in [0.1, 0.15) is 5.56 Å². The Morgan fingerprint density at radius 3 is 2.53 bits per heavy atom. The Balaban J connectivity index is 1.71. The molecule has 0 saturated heterocycles. The zero-order valence-corrected chi connectivity index (χ0v) is 19.7. The lowest BCUT2D eigenvalue weighted by Crippen LogP contribution is -2.20. The Bertz CT molecular complexity index is 1610. The van der Waals surface area contributed by atoms with Crippen LogP contribution in [0, 0.1) is 0 Å². The first-order valence-corrected chi connectivity index (χ1v) is 11.0. The minimum atomic E-state index is -0.351. The van der Waals surface area contributed by atoms with E-state index in [2.05, 4.69) is 26.0 Å². The SMILES string of the molecule is COc1cc(C=Nn2c(-c3cc4cc(Br)ccc4o3)nc3ccccc3c2=O)cc(OC)c1O. The summed E-state index contributed by atoms with van der Waals surface area (Å²) in [6.07, 6.45) is 1.46. The Hall–Kier alpha value is -4.11. The molecule has 0 spiro atoms. The van der Waals surface area contributed by atoms with Crippen molar-refractivity contribution in [2.75, 3.05) is 14.2 Å². The van der Waals surface area contributed by atoms with Gasteiger partial charge in [-0.15, -0.1) is 0 Å². The molecule has 2 heterocycles. The molecule has 2 aromatic heterocycles. The number of aromatic hydroxyl groups is 1. The fourth-order valence-corrected chi connectivity index (χ4v) is 4.01. The molecule has 1 N–H and O–H groups in total. The van der Waals surface area contributed by atoms with Crippen LogP contribution in [-0.2, 0) is 0 Å².